The zero-order valence-corrected chi connectivity index (χ0v) is 3.94. The highest BCUT2D eigenvalue weighted by Gasteiger charge is 1.97. The van der Waals surface area contributed by atoms with Crippen molar-refractivity contribution in [2.45, 2.75) is 0 Å². The lowest BCUT2D eigenvalue weighted by molar-refractivity contribution is 0.962. The second-order valence-electron chi connectivity index (χ2n) is 1.34. The minimum atomic E-state index is 0.708. The molecule has 3 nitrogen and oxygen atoms in total. The molecular formula is C4H7N3. The van der Waals surface area contributed by atoms with Crippen LogP contribution in [0.2, 0.25) is 0 Å². The predicted molar refractivity (Wildman–Crippen MR) is 29.1 cm³/mol. The van der Waals surface area contributed by atoms with Crippen molar-refractivity contribution in [3.63, 3.8) is 0 Å². The molecule has 0 aromatic carbocycles. The predicted octanol–water partition coefficient (Wildman–Crippen LogP) is -0.362. The van der Waals surface area contributed by atoms with Gasteiger partial charge in [0.2, 0.25) is 0 Å². The van der Waals surface area contributed by atoms with Crippen molar-refractivity contribution in [3.8, 4) is 0 Å². The van der Waals surface area contributed by atoms with E-state index in [0.29, 0.717) is 5.84 Å². The summed E-state index contributed by atoms with van der Waals surface area (Å²) in [6.45, 7) is 1.72. The Morgan fingerprint density at radius 1 is 1.86 bits per heavy atom. The zero-order chi connectivity index (χ0) is 5.11. The maximum absolute atomic E-state index is 6.68. The molecule has 0 radical (unpaired) electrons. The Morgan fingerprint density at radius 3 is 3.00 bits per heavy atom. The Balaban J connectivity index is 2.51. The van der Waals surface area contributed by atoms with Crippen molar-refractivity contribution in [2.24, 2.45) is 4.99 Å². The molecule has 0 aromatic rings. The molecule has 3 heteroatoms. The fourth-order valence-electron chi connectivity index (χ4n) is 0.513. The van der Waals surface area contributed by atoms with E-state index >= 15 is 0 Å². The molecule has 1 aliphatic heterocycles. The molecule has 0 aromatic heterocycles. The van der Waals surface area contributed by atoms with Crippen LogP contribution in [0.3, 0.4) is 0 Å². The molecule has 1 aliphatic rings. The summed E-state index contributed by atoms with van der Waals surface area (Å²) in [5, 5.41) is 9.59. The molecule has 0 fully saturated rings. The largest absolute Gasteiger partial charge is 0.367 e. The zero-order valence-electron chi connectivity index (χ0n) is 3.94. The SMILES string of the molecule is N=CC1=NCCN1. The minimum Gasteiger partial charge on any atom is -0.367 e. The third kappa shape index (κ3) is 0.765. The van der Waals surface area contributed by atoms with Gasteiger partial charge in [-0.1, -0.05) is 0 Å². The molecule has 1 heterocycles. The number of hydrogen-bond acceptors (Lipinski definition) is 3. The third-order valence-electron chi connectivity index (χ3n) is 0.837. The Morgan fingerprint density at radius 2 is 2.71 bits per heavy atom. The van der Waals surface area contributed by atoms with Gasteiger partial charge in [0, 0.05) is 6.54 Å². The molecule has 0 spiro atoms. The van der Waals surface area contributed by atoms with E-state index in [2.05, 4.69) is 10.3 Å². The van der Waals surface area contributed by atoms with Crippen LogP contribution in [-0.2, 0) is 0 Å². The van der Waals surface area contributed by atoms with Gasteiger partial charge in [0.25, 0.3) is 0 Å². The van der Waals surface area contributed by atoms with Crippen molar-refractivity contribution in [2.75, 3.05) is 13.1 Å². The summed E-state index contributed by atoms with van der Waals surface area (Å²) < 4.78 is 0. The molecule has 0 amide bonds. The average molecular weight is 97.1 g/mol. The summed E-state index contributed by atoms with van der Waals surface area (Å²) in [6, 6.07) is 0. The van der Waals surface area contributed by atoms with Crippen LogP contribution in [0.15, 0.2) is 4.99 Å². The van der Waals surface area contributed by atoms with Gasteiger partial charge < -0.3 is 10.7 Å². The van der Waals surface area contributed by atoms with E-state index in [4.69, 9.17) is 5.41 Å². The van der Waals surface area contributed by atoms with Gasteiger partial charge in [-0.3, -0.25) is 4.99 Å². The lowest BCUT2D eigenvalue weighted by atomic mass is 10.6. The molecule has 1 rings (SSSR count). The average Bonchev–Trinajstić information content (AvgIpc) is 2.14. The standard InChI is InChI=1S/C4H7N3/c5-3-4-6-1-2-7-4/h3,5H,1-2H2,(H,6,7). The van der Waals surface area contributed by atoms with Crippen LogP contribution in [-0.4, -0.2) is 25.1 Å². The van der Waals surface area contributed by atoms with Gasteiger partial charge in [-0.25, -0.2) is 0 Å². The Kier molecular flexibility index (Phi) is 1.06. The summed E-state index contributed by atoms with van der Waals surface area (Å²) in [5.41, 5.74) is 0. The highest BCUT2D eigenvalue weighted by Crippen LogP contribution is 1.78. The van der Waals surface area contributed by atoms with Crippen LogP contribution in [0.25, 0.3) is 0 Å². The summed E-state index contributed by atoms with van der Waals surface area (Å²) in [4.78, 5) is 3.92. The maximum atomic E-state index is 6.68. The van der Waals surface area contributed by atoms with Crippen LogP contribution in [0.1, 0.15) is 0 Å². The van der Waals surface area contributed by atoms with Gasteiger partial charge in [-0.15, -0.1) is 0 Å². The molecule has 0 bridgehead atoms. The minimum absolute atomic E-state index is 0.708. The monoisotopic (exact) mass is 97.1 g/mol. The van der Waals surface area contributed by atoms with Gasteiger partial charge in [0.05, 0.1) is 12.8 Å². The van der Waals surface area contributed by atoms with E-state index in [1.807, 2.05) is 0 Å². The Bertz CT molecular complexity index is 106. The van der Waals surface area contributed by atoms with Gasteiger partial charge in [-0.2, -0.15) is 0 Å². The van der Waals surface area contributed by atoms with E-state index in [9.17, 15) is 0 Å². The van der Waals surface area contributed by atoms with E-state index in [-0.39, 0.29) is 0 Å². The summed E-state index contributed by atoms with van der Waals surface area (Å²) in [5.74, 6) is 0.708. The van der Waals surface area contributed by atoms with Crippen LogP contribution < -0.4 is 5.32 Å². The maximum Gasteiger partial charge on any atom is 0.139 e. The highest BCUT2D eigenvalue weighted by atomic mass is 15.1. The number of amidine groups is 1. The molecule has 0 aliphatic carbocycles. The van der Waals surface area contributed by atoms with Crippen molar-refractivity contribution in [3.05, 3.63) is 0 Å². The number of nitrogens with one attached hydrogen (secondary N) is 2. The molecule has 0 saturated heterocycles. The first kappa shape index (κ1) is 4.30. The van der Waals surface area contributed by atoms with Gasteiger partial charge >= 0.3 is 0 Å². The molecule has 0 unspecified atom stereocenters. The first-order valence-electron chi connectivity index (χ1n) is 2.22. The first-order chi connectivity index (χ1) is 3.43. The topological polar surface area (TPSA) is 48.2 Å². The van der Waals surface area contributed by atoms with E-state index in [1.54, 1.807) is 0 Å². The van der Waals surface area contributed by atoms with Gasteiger partial charge in [0.15, 0.2) is 0 Å². The van der Waals surface area contributed by atoms with Crippen LogP contribution >= 0.6 is 0 Å². The summed E-state index contributed by atoms with van der Waals surface area (Å²) in [7, 11) is 0. The number of nitrogens with zero attached hydrogens (tertiary/aromatic N) is 1. The van der Waals surface area contributed by atoms with Gasteiger partial charge in [-0.05, 0) is 0 Å². The third-order valence-corrected chi connectivity index (χ3v) is 0.837. The number of hydrogen-bond donors (Lipinski definition) is 2. The Labute approximate surface area is 42.0 Å². The quantitative estimate of drug-likeness (QED) is 0.431. The van der Waals surface area contributed by atoms with Crippen LogP contribution in [0, 0.1) is 5.41 Å². The molecule has 0 saturated carbocycles. The smallest absolute Gasteiger partial charge is 0.139 e. The second-order valence-corrected chi connectivity index (χ2v) is 1.34. The second kappa shape index (κ2) is 1.73. The van der Waals surface area contributed by atoms with Crippen LogP contribution in [0.4, 0.5) is 0 Å². The molecule has 2 N–H and O–H groups in total. The van der Waals surface area contributed by atoms with Gasteiger partial charge in [0.1, 0.15) is 5.84 Å². The molecular weight excluding hydrogens is 90.1 g/mol. The summed E-state index contributed by atoms with van der Waals surface area (Å²) >= 11 is 0. The van der Waals surface area contributed by atoms with Crippen molar-refractivity contribution < 1.29 is 0 Å². The van der Waals surface area contributed by atoms with Crippen LogP contribution in [0.5, 0.6) is 0 Å². The lowest BCUT2D eigenvalue weighted by Gasteiger charge is -1.86. The fourth-order valence-corrected chi connectivity index (χ4v) is 0.513. The molecule has 0 atom stereocenters. The molecule has 7 heavy (non-hydrogen) atoms. The van der Waals surface area contributed by atoms with E-state index in [1.165, 1.54) is 6.21 Å². The normalized spacial score (nSPS) is 18.0. The van der Waals surface area contributed by atoms with Crippen molar-refractivity contribution in [1.29, 1.82) is 5.41 Å². The fraction of sp³-hybridized carbons (Fsp3) is 0.500. The van der Waals surface area contributed by atoms with E-state index < -0.39 is 0 Å². The number of rotatable bonds is 1. The van der Waals surface area contributed by atoms with E-state index in [0.717, 1.165) is 13.1 Å². The highest BCUT2D eigenvalue weighted by molar-refractivity contribution is 6.28. The Hall–Kier alpha value is -0.860. The lowest BCUT2D eigenvalue weighted by Crippen LogP contribution is -2.18. The van der Waals surface area contributed by atoms with Crippen molar-refractivity contribution in [1.82, 2.24) is 5.32 Å². The molecule has 38 valence electrons. The first-order valence-corrected chi connectivity index (χ1v) is 2.22. The number of aliphatic imine (C=N–C) groups is 1. The van der Waals surface area contributed by atoms with Crippen molar-refractivity contribution >= 4 is 12.1 Å². The summed E-state index contributed by atoms with van der Waals surface area (Å²) in [6.07, 6.45) is 1.23.